The number of nitrogens with one attached hydrogen (secondary N) is 1. The van der Waals surface area contributed by atoms with Crippen molar-refractivity contribution < 1.29 is 9.47 Å². The molecule has 18 heavy (non-hydrogen) atoms. The van der Waals surface area contributed by atoms with Crippen molar-refractivity contribution in [2.75, 3.05) is 33.9 Å². The molecule has 0 spiro atoms. The number of aryl methyl sites for hydroxylation is 1. The minimum atomic E-state index is -0.341. The van der Waals surface area contributed by atoms with Crippen LogP contribution in [0.4, 0.5) is 0 Å². The Morgan fingerprint density at radius 1 is 1.22 bits per heavy atom. The van der Waals surface area contributed by atoms with E-state index in [1.807, 2.05) is 13.8 Å². The molecule has 0 aliphatic carbocycles. The second-order valence-electron chi connectivity index (χ2n) is 4.56. The summed E-state index contributed by atoms with van der Waals surface area (Å²) < 4.78 is 10.4. The molecule has 6 heteroatoms. The maximum Gasteiger partial charge on any atom is 0.148 e. The van der Waals surface area contributed by atoms with E-state index in [1.54, 1.807) is 25.6 Å². The number of methoxy groups -OCH3 is 2. The van der Waals surface area contributed by atoms with Crippen LogP contribution in [0.1, 0.15) is 30.3 Å². The minimum Gasteiger partial charge on any atom is -0.383 e. The Bertz CT molecular complexity index is 342. The maximum atomic E-state index is 5.39. The number of nitrogens with zero attached hydrogens (tertiary/aromatic N) is 2. The van der Waals surface area contributed by atoms with Gasteiger partial charge in [-0.1, -0.05) is 11.3 Å². The van der Waals surface area contributed by atoms with Crippen LogP contribution in [0.25, 0.3) is 0 Å². The SMILES string of the molecule is COCCNCCCc1nnc(C(C)(C)OC)s1. The third kappa shape index (κ3) is 4.97. The highest BCUT2D eigenvalue weighted by atomic mass is 32.1. The van der Waals surface area contributed by atoms with E-state index >= 15 is 0 Å². The zero-order chi connectivity index (χ0) is 13.4. The van der Waals surface area contributed by atoms with E-state index < -0.39 is 0 Å². The van der Waals surface area contributed by atoms with Crippen molar-refractivity contribution >= 4 is 11.3 Å². The van der Waals surface area contributed by atoms with Gasteiger partial charge in [-0.3, -0.25) is 0 Å². The molecule has 1 rings (SSSR count). The highest BCUT2D eigenvalue weighted by Crippen LogP contribution is 2.26. The van der Waals surface area contributed by atoms with Gasteiger partial charge in [-0.2, -0.15) is 0 Å². The van der Waals surface area contributed by atoms with E-state index in [-0.39, 0.29) is 5.60 Å². The Kier molecular flexibility index (Phi) is 6.70. The largest absolute Gasteiger partial charge is 0.383 e. The predicted octanol–water partition coefficient (Wildman–Crippen LogP) is 1.59. The third-order valence-corrected chi connectivity index (χ3v) is 4.01. The summed E-state index contributed by atoms with van der Waals surface area (Å²) in [6.45, 7) is 6.64. The van der Waals surface area contributed by atoms with Crippen molar-refractivity contribution in [2.24, 2.45) is 0 Å². The van der Waals surface area contributed by atoms with Gasteiger partial charge in [-0.15, -0.1) is 10.2 Å². The number of hydrogen-bond donors (Lipinski definition) is 1. The van der Waals surface area contributed by atoms with Gasteiger partial charge >= 0.3 is 0 Å². The zero-order valence-electron chi connectivity index (χ0n) is 11.7. The Morgan fingerprint density at radius 3 is 2.67 bits per heavy atom. The van der Waals surface area contributed by atoms with Crippen molar-refractivity contribution in [3.8, 4) is 0 Å². The first-order valence-corrected chi connectivity index (χ1v) is 6.99. The van der Waals surface area contributed by atoms with Gasteiger partial charge < -0.3 is 14.8 Å². The molecule has 0 fully saturated rings. The van der Waals surface area contributed by atoms with Crippen LogP contribution in [0.5, 0.6) is 0 Å². The lowest BCUT2D eigenvalue weighted by Crippen LogP contribution is -2.20. The molecule has 0 radical (unpaired) electrons. The highest BCUT2D eigenvalue weighted by molar-refractivity contribution is 7.11. The second kappa shape index (κ2) is 7.78. The van der Waals surface area contributed by atoms with E-state index in [1.165, 1.54) is 0 Å². The fourth-order valence-corrected chi connectivity index (χ4v) is 2.31. The predicted molar refractivity (Wildman–Crippen MR) is 73.0 cm³/mol. The Balaban J connectivity index is 2.27. The fourth-order valence-electron chi connectivity index (χ4n) is 1.35. The van der Waals surface area contributed by atoms with Crippen molar-refractivity contribution in [2.45, 2.75) is 32.3 Å². The fraction of sp³-hybridized carbons (Fsp3) is 0.833. The summed E-state index contributed by atoms with van der Waals surface area (Å²) in [6.07, 6.45) is 2.02. The van der Waals surface area contributed by atoms with Gasteiger partial charge in [0.25, 0.3) is 0 Å². The zero-order valence-corrected chi connectivity index (χ0v) is 12.5. The molecular weight excluding hydrogens is 250 g/mol. The highest BCUT2D eigenvalue weighted by Gasteiger charge is 2.24. The summed E-state index contributed by atoms with van der Waals surface area (Å²) in [4.78, 5) is 0. The van der Waals surface area contributed by atoms with Gasteiger partial charge in [0.05, 0.1) is 6.61 Å². The van der Waals surface area contributed by atoms with Crippen LogP contribution in [0.2, 0.25) is 0 Å². The normalized spacial score (nSPS) is 12.0. The average molecular weight is 273 g/mol. The number of rotatable bonds is 9. The van der Waals surface area contributed by atoms with Crippen LogP contribution >= 0.6 is 11.3 Å². The molecule has 0 bridgehead atoms. The summed E-state index contributed by atoms with van der Waals surface area (Å²) in [5.41, 5.74) is -0.341. The maximum absolute atomic E-state index is 5.39. The average Bonchev–Trinajstić information content (AvgIpc) is 2.83. The molecule has 0 unspecified atom stereocenters. The minimum absolute atomic E-state index is 0.341. The van der Waals surface area contributed by atoms with Crippen LogP contribution in [0, 0.1) is 0 Å². The molecule has 0 aliphatic heterocycles. The molecule has 104 valence electrons. The first-order valence-electron chi connectivity index (χ1n) is 6.18. The Hall–Kier alpha value is -0.560. The topological polar surface area (TPSA) is 56.3 Å². The molecule has 1 aromatic heterocycles. The van der Waals surface area contributed by atoms with Crippen LogP contribution in [-0.2, 0) is 21.5 Å². The molecule has 0 saturated heterocycles. The third-order valence-electron chi connectivity index (χ3n) is 2.72. The molecule has 1 aromatic rings. The van der Waals surface area contributed by atoms with Gasteiger partial charge in [0.15, 0.2) is 0 Å². The molecule has 5 nitrogen and oxygen atoms in total. The van der Waals surface area contributed by atoms with E-state index in [9.17, 15) is 0 Å². The quantitative estimate of drug-likeness (QED) is 0.692. The summed E-state index contributed by atoms with van der Waals surface area (Å²) in [7, 11) is 3.41. The molecule has 1 heterocycles. The molecule has 0 aliphatic rings. The molecular formula is C12H23N3O2S. The first kappa shape index (κ1) is 15.5. The lowest BCUT2D eigenvalue weighted by molar-refractivity contribution is 0.0185. The van der Waals surface area contributed by atoms with E-state index in [0.717, 1.165) is 42.6 Å². The van der Waals surface area contributed by atoms with Crippen molar-refractivity contribution in [1.82, 2.24) is 15.5 Å². The first-order chi connectivity index (χ1) is 8.60. The van der Waals surface area contributed by atoms with E-state index in [4.69, 9.17) is 9.47 Å². The smallest absolute Gasteiger partial charge is 0.148 e. The van der Waals surface area contributed by atoms with Gasteiger partial charge in [0.2, 0.25) is 0 Å². The summed E-state index contributed by atoms with van der Waals surface area (Å²) in [5.74, 6) is 0. The summed E-state index contributed by atoms with van der Waals surface area (Å²) in [5, 5.41) is 13.7. The molecule has 1 N–H and O–H groups in total. The van der Waals surface area contributed by atoms with Crippen LogP contribution in [0.3, 0.4) is 0 Å². The standard InChI is InChI=1S/C12H23N3O2S/c1-12(2,17-4)11-15-14-10(18-11)6-5-7-13-8-9-16-3/h13H,5-9H2,1-4H3. The van der Waals surface area contributed by atoms with Crippen molar-refractivity contribution in [3.63, 3.8) is 0 Å². The number of aromatic nitrogens is 2. The Morgan fingerprint density at radius 2 is 2.00 bits per heavy atom. The monoisotopic (exact) mass is 273 g/mol. The molecule has 0 aromatic carbocycles. The molecule has 0 atom stereocenters. The number of hydrogen-bond acceptors (Lipinski definition) is 6. The van der Waals surface area contributed by atoms with Crippen LogP contribution in [-0.4, -0.2) is 44.1 Å². The lowest BCUT2D eigenvalue weighted by atomic mass is 10.1. The van der Waals surface area contributed by atoms with Crippen LogP contribution in [0.15, 0.2) is 0 Å². The van der Waals surface area contributed by atoms with Gasteiger partial charge in [-0.25, -0.2) is 0 Å². The van der Waals surface area contributed by atoms with Gasteiger partial charge in [0.1, 0.15) is 15.6 Å². The van der Waals surface area contributed by atoms with Crippen molar-refractivity contribution in [1.29, 1.82) is 0 Å². The van der Waals surface area contributed by atoms with Gasteiger partial charge in [0, 0.05) is 27.2 Å². The van der Waals surface area contributed by atoms with Crippen molar-refractivity contribution in [3.05, 3.63) is 10.0 Å². The summed E-state index contributed by atoms with van der Waals surface area (Å²) >= 11 is 1.63. The summed E-state index contributed by atoms with van der Waals surface area (Å²) in [6, 6.07) is 0. The van der Waals surface area contributed by atoms with E-state index in [2.05, 4.69) is 15.5 Å². The second-order valence-corrected chi connectivity index (χ2v) is 5.62. The van der Waals surface area contributed by atoms with Crippen LogP contribution < -0.4 is 5.32 Å². The molecule has 0 saturated carbocycles. The van der Waals surface area contributed by atoms with Gasteiger partial charge in [-0.05, 0) is 26.8 Å². The molecule has 0 amide bonds. The Labute approximate surface area is 113 Å². The van der Waals surface area contributed by atoms with E-state index in [0.29, 0.717) is 0 Å². The number of ether oxygens (including phenoxy) is 2. The lowest BCUT2D eigenvalue weighted by Gasteiger charge is -2.18.